The highest BCUT2D eigenvalue weighted by Crippen LogP contribution is 2.30. The van der Waals surface area contributed by atoms with Gasteiger partial charge in [-0.15, -0.1) is 0 Å². The van der Waals surface area contributed by atoms with E-state index >= 15 is 0 Å². The molecule has 20 heavy (non-hydrogen) atoms. The molecule has 1 N–H and O–H groups in total. The molecule has 0 spiro atoms. The third-order valence-corrected chi connectivity index (χ3v) is 3.33. The molecule has 108 valence electrons. The van der Waals surface area contributed by atoms with Gasteiger partial charge in [-0.25, -0.2) is 0 Å². The summed E-state index contributed by atoms with van der Waals surface area (Å²) in [5, 5.41) is 8.76. The lowest BCUT2D eigenvalue weighted by Gasteiger charge is -2.19. The third kappa shape index (κ3) is 4.26. The van der Waals surface area contributed by atoms with Crippen molar-refractivity contribution < 1.29 is 14.6 Å². The maximum Gasteiger partial charge on any atom is 0.135 e. The number of para-hydroxylation sites is 1. The monoisotopic (exact) mass is 274 g/mol. The Bertz CT molecular complexity index is 496. The minimum absolute atomic E-state index is 0.0333. The number of rotatable bonds is 4. The fourth-order valence-corrected chi connectivity index (χ4v) is 2.29. The first kappa shape index (κ1) is 14.9. The molecule has 0 bridgehead atoms. The summed E-state index contributed by atoms with van der Waals surface area (Å²) in [6.07, 6.45) is 2.74. The van der Waals surface area contributed by atoms with Crippen molar-refractivity contribution in [2.45, 2.75) is 44.8 Å². The minimum Gasteiger partial charge on any atom is -0.490 e. The van der Waals surface area contributed by atoms with E-state index in [0.717, 1.165) is 24.2 Å². The van der Waals surface area contributed by atoms with Crippen LogP contribution in [0.2, 0.25) is 0 Å². The zero-order valence-corrected chi connectivity index (χ0v) is 12.2. The first-order valence-electron chi connectivity index (χ1n) is 7.10. The molecule has 1 aromatic rings. The van der Waals surface area contributed by atoms with E-state index in [2.05, 4.69) is 25.7 Å². The molecule has 1 atom stereocenters. The summed E-state index contributed by atoms with van der Waals surface area (Å²) in [4.78, 5) is 0. The van der Waals surface area contributed by atoms with Crippen LogP contribution < -0.4 is 4.74 Å². The zero-order chi connectivity index (χ0) is 14.4. The summed E-state index contributed by atoms with van der Waals surface area (Å²) in [7, 11) is 0. The van der Waals surface area contributed by atoms with Crippen LogP contribution in [0.4, 0.5) is 0 Å². The first-order chi connectivity index (χ1) is 9.61. The van der Waals surface area contributed by atoms with Crippen molar-refractivity contribution in [2.75, 3.05) is 13.2 Å². The summed E-state index contributed by atoms with van der Waals surface area (Å²) >= 11 is 0. The van der Waals surface area contributed by atoms with Gasteiger partial charge in [-0.05, 0) is 38.8 Å². The van der Waals surface area contributed by atoms with Crippen LogP contribution in [0, 0.1) is 11.8 Å². The van der Waals surface area contributed by atoms with Gasteiger partial charge in [-0.3, -0.25) is 0 Å². The normalized spacial score (nSPS) is 20.2. The number of hydrogen-bond donors (Lipinski definition) is 1. The second kappa shape index (κ2) is 6.78. The Morgan fingerprint density at radius 2 is 2.20 bits per heavy atom. The Morgan fingerprint density at radius 3 is 2.90 bits per heavy atom. The number of hydrogen-bond acceptors (Lipinski definition) is 3. The standard InChI is InChI=1S/C17H22O3/c1-17(2)11-10-15(20-17)13-19-16-9-4-3-7-14(16)8-5-6-12-18/h3-4,7,9,15,18H,6,10-13H2,1-2H3. The fraction of sp³-hybridized carbons (Fsp3) is 0.529. The quantitative estimate of drug-likeness (QED) is 0.858. The van der Waals surface area contributed by atoms with E-state index in [1.54, 1.807) is 0 Å². The Hall–Kier alpha value is -1.50. The Morgan fingerprint density at radius 1 is 1.40 bits per heavy atom. The van der Waals surface area contributed by atoms with Crippen molar-refractivity contribution in [3.63, 3.8) is 0 Å². The molecule has 1 heterocycles. The molecule has 0 aliphatic carbocycles. The predicted molar refractivity (Wildman–Crippen MR) is 78.7 cm³/mol. The molecule has 1 aromatic carbocycles. The van der Waals surface area contributed by atoms with E-state index in [4.69, 9.17) is 14.6 Å². The predicted octanol–water partition coefficient (Wildman–Crippen LogP) is 2.76. The van der Waals surface area contributed by atoms with Gasteiger partial charge in [0.25, 0.3) is 0 Å². The molecule has 1 aliphatic heterocycles. The van der Waals surface area contributed by atoms with Gasteiger partial charge in [0, 0.05) is 6.42 Å². The second-order valence-electron chi connectivity index (χ2n) is 5.62. The SMILES string of the molecule is CC1(C)CCC(COc2ccccc2C#CCCO)O1. The number of benzene rings is 1. The minimum atomic E-state index is -0.0333. The first-order valence-corrected chi connectivity index (χ1v) is 7.10. The Kier molecular flexibility index (Phi) is 5.05. The number of aliphatic hydroxyl groups is 1. The molecule has 1 saturated heterocycles. The van der Waals surface area contributed by atoms with Gasteiger partial charge >= 0.3 is 0 Å². The van der Waals surface area contributed by atoms with E-state index < -0.39 is 0 Å². The van der Waals surface area contributed by atoms with Crippen LogP contribution in [0.5, 0.6) is 5.75 Å². The highest BCUT2D eigenvalue weighted by atomic mass is 16.6. The van der Waals surface area contributed by atoms with E-state index in [9.17, 15) is 0 Å². The van der Waals surface area contributed by atoms with E-state index in [1.807, 2.05) is 24.3 Å². The van der Waals surface area contributed by atoms with Crippen molar-refractivity contribution >= 4 is 0 Å². The van der Waals surface area contributed by atoms with Gasteiger partial charge in [-0.2, -0.15) is 0 Å². The van der Waals surface area contributed by atoms with Crippen LogP contribution in [0.1, 0.15) is 38.7 Å². The molecule has 0 saturated carbocycles. The smallest absolute Gasteiger partial charge is 0.135 e. The van der Waals surface area contributed by atoms with Crippen molar-refractivity contribution in [3.05, 3.63) is 29.8 Å². The van der Waals surface area contributed by atoms with Crippen molar-refractivity contribution in [1.29, 1.82) is 0 Å². The third-order valence-electron chi connectivity index (χ3n) is 3.33. The van der Waals surface area contributed by atoms with Gasteiger partial charge in [-0.1, -0.05) is 24.0 Å². The lowest BCUT2D eigenvalue weighted by Crippen LogP contribution is -2.24. The van der Waals surface area contributed by atoms with Gasteiger partial charge in [0.2, 0.25) is 0 Å². The molecule has 1 unspecified atom stereocenters. The van der Waals surface area contributed by atoms with Crippen LogP contribution in [-0.4, -0.2) is 30.0 Å². The fourth-order valence-electron chi connectivity index (χ4n) is 2.29. The molecule has 1 fully saturated rings. The molecule has 3 nitrogen and oxygen atoms in total. The van der Waals surface area contributed by atoms with Crippen LogP contribution in [0.25, 0.3) is 0 Å². The molecule has 0 amide bonds. The number of aliphatic hydroxyl groups excluding tert-OH is 1. The highest BCUT2D eigenvalue weighted by molar-refractivity contribution is 5.45. The Balaban J connectivity index is 1.95. The van der Waals surface area contributed by atoms with Crippen molar-refractivity contribution in [1.82, 2.24) is 0 Å². The van der Waals surface area contributed by atoms with Crippen LogP contribution >= 0.6 is 0 Å². The second-order valence-corrected chi connectivity index (χ2v) is 5.62. The Labute approximate surface area is 120 Å². The number of ether oxygens (including phenoxy) is 2. The van der Waals surface area contributed by atoms with Crippen LogP contribution in [-0.2, 0) is 4.74 Å². The molecule has 0 radical (unpaired) electrons. The lowest BCUT2D eigenvalue weighted by molar-refractivity contribution is -0.0326. The molecule has 0 aromatic heterocycles. The lowest BCUT2D eigenvalue weighted by atomic mass is 10.1. The largest absolute Gasteiger partial charge is 0.490 e. The summed E-state index contributed by atoms with van der Waals surface area (Å²) in [5.74, 6) is 6.74. The maximum absolute atomic E-state index is 8.76. The van der Waals surface area contributed by atoms with Crippen molar-refractivity contribution in [2.24, 2.45) is 0 Å². The summed E-state index contributed by atoms with van der Waals surface area (Å²) < 4.78 is 11.8. The molecule has 1 aliphatic rings. The topological polar surface area (TPSA) is 38.7 Å². The summed E-state index contributed by atoms with van der Waals surface area (Å²) in [5.41, 5.74) is 0.826. The molecular weight excluding hydrogens is 252 g/mol. The van der Waals surface area contributed by atoms with Gasteiger partial charge in [0.05, 0.1) is 23.9 Å². The average molecular weight is 274 g/mol. The summed E-state index contributed by atoms with van der Waals surface area (Å²) in [6, 6.07) is 7.72. The highest BCUT2D eigenvalue weighted by Gasteiger charge is 2.31. The molecule has 2 rings (SSSR count). The zero-order valence-electron chi connectivity index (χ0n) is 12.2. The summed E-state index contributed by atoms with van der Waals surface area (Å²) in [6.45, 7) is 4.87. The molecular formula is C17H22O3. The average Bonchev–Trinajstić information content (AvgIpc) is 2.77. The van der Waals surface area contributed by atoms with E-state index in [0.29, 0.717) is 13.0 Å². The van der Waals surface area contributed by atoms with Crippen molar-refractivity contribution in [3.8, 4) is 17.6 Å². The van der Waals surface area contributed by atoms with Gasteiger partial charge in [0.1, 0.15) is 12.4 Å². The van der Waals surface area contributed by atoms with E-state index in [1.165, 1.54) is 0 Å². The maximum atomic E-state index is 8.76. The van der Waals surface area contributed by atoms with Crippen LogP contribution in [0.15, 0.2) is 24.3 Å². The van der Waals surface area contributed by atoms with Gasteiger partial charge < -0.3 is 14.6 Å². The van der Waals surface area contributed by atoms with E-state index in [-0.39, 0.29) is 18.3 Å². The van der Waals surface area contributed by atoms with Gasteiger partial charge in [0.15, 0.2) is 0 Å². The molecule has 3 heteroatoms. The van der Waals surface area contributed by atoms with Crippen LogP contribution in [0.3, 0.4) is 0 Å².